The quantitative estimate of drug-likeness (QED) is 0.205. The van der Waals surface area contributed by atoms with E-state index in [1.165, 1.54) is 16.3 Å². The first-order valence-electron chi connectivity index (χ1n) is 14.8. The van der Waals surface area contributed by atoms with E-state index < -0.39 is 0 Å². The van der Waals surface area contributed by atoms with Crippen molar-refractivity contribution in [2.75, 3.05) is 45.9 Å². The zero-order chi connectivity index (χ0) is 28.3. The Bertz CT molecular complexity index is 1350. The maximum Gasteiger partial charge on any atom is 0.318 e. The van der Waals surface area contributed by atoms with Crippen LogP contribution in [0.4, 0.5) is 4.79 Å². The van der Waals surface area contributed by atoms with Gasteiger partial charge in [0.15, 0.2) is 0 Å². The van der Waals surface area contributed by atoms with Gasteiger partial charge in [-0.3, -0.25) is 4.90 Å². The number of aromatic nitrogens is 2. The Kier molecular flexibility index (Phi) is 10.4. The third-order valence-corrected chi connectivity index (χ3v) is 7.76. The lowest BCUT2D eigenvalue weighted by Crippen LogP contribution is -2.43. The average Bonchev–Trinajstić information content (AvgIpc) is 3.53. The van der Waals surface area contributed by atoms with Crippen molar-refractivity contribution in [3.8, 4) is 0 Å². The van der Waals surface area contributed by atoms with Gasteiger partial charge in [0, 0.05) is 45.1 Å². The Hall–Kier alpha value is -3.72. The number of hydrogen-bond acceptors (Lipinski definition) is 5. The number of morpholine rings is 1. The van der Waals surface area contributed by atoms with Gasteiger partial charge in [0.25, 0.3) is 0 Å². The number of imidazole rings is 1. The number of ether oxygens (including phenoxy) is 1. The van der Waals surface area contributed by atoms with Gasteiger partial charge in [-0.15, -0.1) is 0 Å². The molecule has 2 amide bonds. The van der Waals surface area contributed by atoms with Crippen LogP contribution in [0.25, 0.3) is 10.8 Å². The van der Waals surface area contributed by atoms with Crippen LogP contribution >= 0.6 is 0 Å². The molecule has 2 heterocycles. The molecular formula is C33H42N6O2. The summed E-state index contributed by atoms with van der Waals surface area (Å²) in [5, 5.41) is 9.08. The van der Waals surface area contributed by atoms with Crippen LogP contribution in [0.1, 0.15) is 41.9 Å². The fourth-order valence-corrected chi connectivity index (χ4v) is 5.41. The second-order valence-corrected chi connectivity index (χ2v) is 10.7. The van der Waals surface area contributed by atoms with Gasteiger partial charge in [-0.25, -0.2) is 9.78 Å². The second kappa shape index (κ2) is 14.8. The molecule has 0 saturated carbocycles. The largest absolute Gasteiger partial charge is 0.379 e. The molecular weight excluding hydrogens is 512 g/mol. The smallest absolute Gasteiger partial charge is 0.318 e. The fourth-order valence-electron chi connectivity index (χ4n) is 5.41. The second-order valence-electron chi connectivity index (χ2n) is 10.7. The average molecular weight is 555 g/mol. The zero-order valence-corrected chi connectivity index (χ0v) is 24.0. The first-order valence-corrected chi connectivity index (χ1v) is 14.8. The third-order valence-electron chi connectivity index (χ3n) is 7.76. The van der Waals surface area contributed by atoms with E-state index in [0.717, 1.165) is 75.7 Å². The number of hydrogen-bond donors (Lipinski definition) is 3. The number of urea groups is 1. The van der Waals surface area contributed by atoms with Crippen molar-refractivity contribution in [1.82, 2.24) is 30.4 Å². The lowest BCUT2D eigenvalue weighted by Gasteiger charge is -2.29. The maximum atomic E-state index is 13.7. The SMILES string of the molecule is CC(NC(=O)N(CCCN1CCOCC1)Cc1ccc(CCNCc2ncc[nH]2)cc1)c1cccc2ccccc12. The van der Waals surface area contributed by atoms with Crippen molar-refractivity contribution in [2.45, 2.75) is 38.9 Å². The van der Waals surface area contributed by atoms with Crippen LogP contribution in [0, 0.1) is 0 Å². The van der Waals surface area contributed by atoms with Gasteiger partial charge in [0.1, 0.15) is 5.82 Å². The van der Waals surface area contributed by atoms with Crippen molar-refractivity contribution in [1.29, 1.82) is 0 Å². The molecule has 0 radical (unpaired) electrons. The van der Waals surface area contributed by atoms with Crippen LogP contribution in [0.2, 0.25) is 0 Å². The van der Waals surface area contributed by atoms with Crippen molar-refractivity contribution in [2.24, 2.45) is 0 Å². The summed E-state index contributed by atoms with van der Waals surface area (Å²) in [5.41, 5.74) is 3.54. The zero-order valence-electron chi connectivity index (χ0n) is 24.0. The van der Waals surface area contributed by atoms with Crippen molar-refractivity contribution in [3.63, 3.8) is 0 Å². The van der Waals surface area contributed by atoms with Crippen molar-refractivity contribution < 1.29 is 9.53 Å². The highest BCUT2D eigenvalue weighted by Crippen LogP contribution is 2.24. The molecule has 0 spiro atoms. The summed E-state index contributed by atoms with van der Waals surface area (Å²) in [4.78, 5) is 25.4. The number of H-pyrrole nitrogens is 1. The molecule has 8 heteroatoms. The number of nitrogens with one attached hydrogen (secondary N) is 3. The Labute approximate surface area is 243 Å². The van der Waals surface area contributed by atoms with E-state index >= 15 is 0 Å². The van der Waals surface area contributed by atoms with Crippen LogP contribution in [0.15, 0.2) is 79.1 Å². The highest BCUT2D eigenvalue weighted by atomic mass is 16.5. The summed E-state index contributed by atoms with van der Waals surface area (Å²) >= 11 is 0. The minimum absolute atomic E-state index is 0.0291. The molecule has 0 bridgehead atoms. The van der Waals surface area contributed by atoms with E-state index in [1.54, 1.807) is 6.20 Å². The molecule has 1 atom stereocenters. The maximum absolute atomic E-state index is 13.7. The highest BCUT2D eigenvalue weighted by molar-refractivity contribution is 5.86. The first-order chi connectivity index (χ1) is 20.2. The number of benzene rings is 3. The highest BCUT2D eigenvalue weighted by Gasteiger charge is 2.19. The summed E-state index contributed by atoms with van der Waals surface area (Å²) in [7, 11) is 0. The predicted octanol–water partition coefficient (Wildman–Crippen LogP) is 4.89. The monoisotopic (exact) mass is 554 g/mol. The van der Waals surface area contributed by atoms with Crippen LogP contribution in [0.5, 0.6) is 0 Å². The Balaban J connectivity index is 1.19. The molecule has 3 aromatic carbocycles. The van der Waals surface area contributed by atoms with E-state index in [4.69, 9.17) is 4.74 Å². The summed E-state index contributed by atoms with van der Waals surface area (Å²) < 4.78 is 5.49. The number of fused-ring (bicyclic) bond motifs is 1. The molecule has 1 unspecified atom stereocenters. The lowest BCUT2D eigenvalue weighted by molar-refractivity contribution is 0.0364. The number of aromatic amines is 1. The molecule has 8 nitrogen and oxygen atoms in total. The van der Waals surface area contributed by atoms with E-state index in [0.29, 0.717) is 13.1 Å². The van der Waals surface area contributed by atoms with Crippen molar-refractivity contribution in [3.05, 3.63) is 102 Å². The normalized spacial score (nSPS) is 14.7. The van der Waals surface area contributed by atoms with E-state index in [1.807, 2.05) is 17.2 Å². The van der Waals surface area contributed by atoms with E-state index in [2.05, 4.69) is 93.1 Å². The summed E-state index contributed by atoms with van der Waals surface area (Å²) in [6.45, 7) is 9.42. The number of carbonyl (C=O) groups excluding carboxylic acids is 1. The van der Waals surface area contributed by atoms with Gasteiger partial charge in [0.05, 0.1) is 25.8 Å². The molecule has 216 valence electrons. The lowest BCUT2D eigenvalue weighted by atomic mass is 10.00. The van der Waals surface area contributed by atoms with Crippen molar-refractivity contribution >= 4 is 16.8 Å². The molecule has 1 fully saturated rings. The Morgan fingerprint density at radius 3 is 2.63 bits per heavy atom. The van der Waals surface area contributed by atoms with Gasteiger partial charge in [-0.1, -0.05) is 66.7 Å². The standard InChI is InChI=1S/C33H42N6O2/c1-26(30-9-4-7-29-6-2-3-8-31(29)30)37-33(40)39(19-5-18-38-20-22-41-23-21-38)25-28-12-10-27(11-13-28)14-15-34-24-32-35-16-17-36-32/h2-4,6-13,16-17,26,34H,5,14-15,18-25H2,1H3,(H,35,36)(H,37,40). The third kappa shape index (κ3) is 8.39. The number of nitrogens with zero attached hydrogens (tertiary/aromatic N) is 3. The van der Waals surface area contributed by atoms with Crippen LogP contribution in [-0.2, 0) is 24.2 Å². The number of rotatable bonds is 13. The molecule has 5 rings (SSSR count). The predicted molar refractivity (Wildman–Crippen MR) is 164 cm³/mol. The summed E-state index contributed by atoms with van der Waals surface area (Å²) in [6, 6.07) is 23.1. The Morgan fingerprint density at radius 1 is 1.05 bits per heavy atom. The first kappa shape index (κ1) is 28.8. The van der Waals surface area contributed by atoms with Gasteiger partial charge in [0.2, 0.25) is 0 Å². The number of amides is 2. The van der Waals surface area contributed by atoms with Crippen LogP contribution < -0.4 is 10.6 Å². The molecule has 41 heavy (non-hydrogen) atoms. The Morgan fingerprint density at radius 2 is 1.83 bits per heavy atom. The molecule has 0 aliphatic carbocycles. The van der Waals surface area contributed by atoms with Gasteiger partial charge in [-0.2, -0.15) is 0 Å². The van der Waals surface area contributed by atoms with E-state index in [9.17, 15) is 4.79 Å². The molecule has 1 aliphatic rings. The van der Waals surface area contributed by atoms with Gasteiger partial charge >= 0.3 is 6.03 Å². The minimum atomic E-state index is -0.105. The molecule has 1 aliphatic heterocycles. The van der Waals surface area contributed by atoms with E-state index in [-0.39, 0.29) is 12.1 Å². The van der Waals surface area contributed by atoms with Crippen LogP contribution in [0.3, 0.4) is 0 Å². The fraction of sp³-hybridized carbons (Fsp3) is 0.394. The van der Waals surface area contributed by atoms with Crippen LogP contribution in [-0.4, -0.2) is 71.7 Å². The molecule has 3 N–H and O–H groups in total. The van der Waals surface area contributed by atoms with Gasteiger partial charge < -0.3 is 25.3 Å². The molecule has 1 saturated heterocycles. The molecule has 1 aromatic heterocycles. The minimum Gasteiger partial charge on any atom is -0.379 e. The summed E-state index contributed by atoms with van der Waals surface area (Å²) in [6.07, 6.45) is 5.47. The summed E-state index contributed by atoms with van der Waals surface area (Å²) in [5.74, 6) is 0.946. The van der Waals surface area contributed by atoms with Gasteiger partial charge in [-0.05, 0) is 53.8 Å². The topological polar surface area (TPSA) is 85.5 Å². The number of carbonyl (C=O) groups is 1. The molecule has 4 aromatic rings.